The molecule has 2 amide bonds. The Morgan fingerprint density at radius 3 is 2.17 bits per heavy atom. The van der Waals surface area contributed by atoms with Gasteiger partial charge in [-0.15, -0.1) is 0 Å². The summed E-state index contributed by atoms with van der Waals surface area (Å²) in [4.78, 5) is 35.2. The van der Waals surface area contributed by atoms with Gasteiger partial charge in [0.25, 0.3) is 0 Å². The van der Waals surface area contributed by atoms with Crippen LogP contribution in [0.2, 0.25) is 0 Å². The maximum Gasteiger partial charge on any atom is 0.338 e. The van der Waals surface area contributed by atoms with Gasteiger partial charge in [-0.3, -0.25) is 4.79 Å². The van der Waals surface area contributed by atoms with Crippen LogP contribution in [0.3, 0.4) is 0 Å². The van der Waals surface area contributed by atoms with Crippen molar-refractivity contribution in [3.63, 3.8) is 0 Å². The second-order valence-corrected chi connectivity index (χ2v) is 6.16. The fourth-order valence-electron chi connectivity index (χ4n) is 1.95. The molecule has 0 aliphatic carbocycles. The molecule has 0 radical (unpaired) electrons. The molecule has 0 saturated carbocycles. The van der Waals surface area contributed by atoms with Crippen molar-refractivity contribution in [2.24, 2.45) is 0 Å². The fourth-order valence-corrected chi connectivity index (χ4v) is 1.95. The average Bonchev–Trinajstić information content (AvgIpc) is 2.53. The smallest absolute Gasteiger partial charge is 0.338 e. The number of benzene rings is 1. The Kier molecular flexibility index (Phi) is 6.76. The molecule has 1 aromatic rings. The van der Waals surface area contributed by atoms with Crippen molar-refractivity contribution >= 4 is 18.0 Å². The molecule has 0 bridgehead atoms. The second kappa shape index (κ2) is 8.33. The van der Waals surface area contributed by atoms with E-state index < -0.39 is 29.5 Å². The van der Waals surface area contributed by atoms with Gasteiger partial charge in [-0.1, -0.05) is 12.1 Å². The van der Waals surface area contributed by atoms with Crippen LogP contribution in [-0.2, 0) is 14.3 Å². The summed E-state index contributed by atoms with van der Waals surface area (Å²) < 4.78 is 10.1. The molecule has 132 valence electrons. The molecule has 0 aliphatic rings. The van der Waals surface area contributed by atoms with Crippen molar-refractivity contribution in [2.75, 3.05) is 20.7 Å². The predicted molar refractivity (Wildman–Crippen MR) is 88.8 cm³/mol. The number of methoxy groups -OCH3 is 1. The zero-order valence-corrected chi connectivity index (χ0v) is 14.6. The van der Waals surface area contributed by atoms with Crippen molar-refractivity contribution in [3.8, 4) is 0 Å². The molecule has 0 aromatic heterocycles. The number of carbonyl (C=O) groups is 3. The molecule has 1 rings (SSSR count). The molecular formula is C17H24N2O5. The van der Waals surface area contributed by atoms with E-state index in [1.807, 2.05) is 0 Å². The number of hydrogen-bond acceptors (Lipinski definition) is 5. The summed E-state index contributed by atoms with van der Waals surface area (Å²) in [6.07, 6.45) is 0. The number of rotatable bonds is 5. The van der Waals surface area contributed by atoms with Gasteiger partial charge in [0, 0.05) is 13.6 Å². The summed E-state index contributed by atoms with van der Waals surface area (Å²) in [7, 11) is 2.77. The first-order chi connectivity index (χ1) is 11.2. The van der Waals surface area contributed by atoms with Crippen LogP contribution in [-0.4, -0.2) is 44.3 Å². The Labute approximate surface area is 141 Å². The topological polar surface area (TPSA) is 93.7 Å². The summed E-state index contributed by atoms with van der Waals surface area (Å²) in [5.74, 6) is -1.58. The highest BCUT2D eigenvalue weighted by Gasteiger charge is 2.23. The quantitative estimate of drug-likeness (QED) is 0.800. The summed E-state index contributed by atoms with van der Waals surface area (Å²) in [5, 5.41) is 4.98. The van der Waals surface area contributed by atoms with E-state index in [1.54, 1.807) is 45.0 Å². The molecule has 0 saturated heterocycles. The lowest BCUT2D eigenvalue weighted by atomic mass is 9.98. The van der Waals surface area contributed by atoms with Crippen LogP contribution >= 0.6 is 0 Å². The van der Waals surface area contributed by atoms with Crippen molar-refractivity contribution in [1.82, 2.24) is 10.6 Å². The zero-order chi connectivity index (χ0) is 18.3. The van der Waals surface area contributed by atoms with E-state index in [0.29, 0.717) is 11.1 Å². The average molecular weight is 336 g/mol. The minimum Gasteiger partial charge on any atom is -0.468 e. The fraction of sp³-hybridized carbons (Fsp3) is 0.471. The van der Waals surface area contributed by atoms with Crippen LogP contribution in [0.15, 0.2) is 24.3 Å². The molecule has 0 spiro atoms. The lowest BCUT2D eigenvalue weighted by Gasteiger charge is -2.20. The third kappa shape index (κ3) is 5.91. The maximum atomic E-state index is 12.0. The predicted octanol–water partition coefficient (Wildman–Crippen LogP) is 1.83. The standard InChI is InChI=1S/C17H24N2O5/c1-17(2,3)24-14(20)12-8-6-11(7-9-12)13(15(21)23-5)10-19-16(22)18-4/h6-9,13H,10H2,1-5H3,(H2,18,19,22). The van der Waals surface area contributed by atoms with Crippen molar-refractivity contribution < 1.29 is 23.9 Å². The van der Waals surface area contributed by atoms with Gasteiger partial charge in [0.1, 0.15) is 5.60 Å². The van der Waals surface area contributed by atoms with Crippen molar-refractivity contribution in [2.45, 2.75) is 32.3 Å². The van der Waals surface area contributed by atoms with E-state index >= 15 is 0 Å². The van der Waals surface area contributed by atoms with E-state index in [2.05, 4.69) is 10.6 Å². The number of urea groups is 1. The summed E-state index contributed by atoms with van der Waals surface area (Å²) in [5.41, 5.74) is 0.434. The largest absolute Gasteiger partial charge is 0.468 e. The number of hydrogen-bond donors (Lipinski definition) is 2. The van der Waals surface area contributed by atoms with Crippen LogP contribution in [0.1, 0.15) is 42.6 Å². The summed E-state index contributed by atoms with van der Waals surface area (Å²) in [6.45, 7) is 5.45. The highest BCUT2D eigenvalue weighted by Crippen LogP contribution is 2.19. The molecule has 1 aromatic carbocycles. The number of amides is 2. The van der Waals surface area contributed by atoms with Crippen LogP contribution < -0.4 is 10.6 Å². The molecule has 0 fully saturated rings. The van der Waals surface area contributed by atoms with Gasteiger partial charge in [-0.05, 0) is 38.5 Å². The number of ether oxygens (including phenoxy) is 2. The Morgan fingerprint density at radius 1 is 1.12 bits per heavy atom. The molecule has 7 heteroatoms. The maximum absolute atomic E-state index is 12.0. The Bertz CT molecular complexity index is 590. The molecule has 0 aliphatic heterocycles. The van der Waals surface area contributed by atoms with Gasteiger partial charge in [0.2, 0.25) is 0 Å². The van der Waals surface area contributed by atoms with Gasteiger partial charge < -0.3 is 20.1 Å². The molecule has 1 unspecified atom stereocenters. The second-order valence-electron chi connectivity index (χ2n) is 6.16. The first-order valence-electron chi connectivity index (χ1n) is 7.54. The number of esters is 2. The van der Waals surface area contributed by atoms with E-state index in [1.165, 1.54) is 14.2 Å². The van der Waals surface area contributed by atoms with E-state index in [9.17, 15) is 14.4 Å². The molecular weight excluding hydrogens is 312 g/mol. The lowest BCUT2D eigenvalue weighted by molar-refractivity contribution is -0.142. The van der Waals surface area contributed by atoms with Gasteiger partial charge >= 0.3 is 18.0 Å². The van der Waals surface area contributed by atoms with Gasteiger partial charge in [0.05, 0.1) is 18.6 Å². The normalized spacial score (nSPS) is 12.0. The lowest BCUT2D eigenvalue weighted by Crippen LogP contribution is -2.37. The first-order valence-corrected chi connectivity index (χ1v) is 7.54. The minimum absolute atomic E-state index is 0.0815. The van der Waals surface area contributed by atoms with E-state index in [0.717, 1.165) is 0 Å². The van der Waals surface area contributed by atoms with E-state index in [4.69, 9.17) is 9.47 Å². The Morgan fingerprint density at radius 2 is 1.71 bits per heavy atom. The Balaban J connectivity index is 2.90. The van der Waals surface area contributed by atoms with E-state index in [-0.39, 0.29) is 6.54 Å². The molecule has 1 atom stereocenters. The minimum atomic E-state index is -0.667. The molecule has 0 heterocycles. The van der Waals surface area contributed by atoms with Crippen LogP contribution in [0.4, 0.5) is 4.79 Å². The van der Waals surface area contributed by atoms with Gasteiger partial charge in [0.15, 0.2) is 0 Å². The SMILES string of the molecule is CNC(=O)NCC(C(=O)OC)c1ccc(C(=O)OC(C)(C)C)cc1. The summed E-state index contributed by atoms with van der Waals surface area (Å²) in [6, 6.07) is 6.06. The van der Waals surface area contributed by atoms with Crippen molar-refractivity contribution in [3.05, 3.63) is 35.4 Å². The zero-order valence-electron chi connectivity index (χ0n) is 14.6. The van der Waals surface area contributed by atoms with Crippen LogP contribution in [0.5, 0.6) is 0 Å². The highest BCUT2D eigenvalue weighted by molar-refractivity contribution is 5.90. The third-order valence-corrected chi connectivity index (χ3v) is 3.13. The van der Waals surface area contributed by atoms with Crippen molar-refractivity contribution in [1.29, 1.82) is 0 Å². The molecule has 7 nitrogen and oxygen atoms in total. The monoisotopic (exact) mass is 336 g/mol. The highest BCUT2D eigenvalue weighted by atomic mass is 16.6. The van der Waals surface area contributed by atoms with Crippen LogP contribution in [0, 0.1) is 0 Å². The van der Waals surface area contributed by atoms with Crippen LogP contribution in [0.25, 0.3) is 0 Å². The summed E-state index contributed by atoms with van der Waals surface area (Å²) >= 11 is 0. The number of carbonyl (C=O) groups excluding carboxylic acids is 3. The number of nitrogens with one attached hydrogen (secondary N) is 2. The molecule has 2 N–H and O–H groups in total. The van der Waals surface area contributed by atoms with Gasteiger partial charge in [-0.25, -0.2) is 9.59 Å². The Hall–Kier alpha value is -2.57. The third-order valence-electron chi connectivity index (χ3n) is 3.13. The van der Waals surface area contributed by atoms with Gasteiger partial charge in [-0.2, -0.15) is 0 Å². The molecule has 24 heavy (non-hydrogen) atoms. The first kappa shape index (κ1) is 19.5.